The average Bonchev–Trinajstić information content (AvgIpc) is 2.84. The summed E-state index contributed by atoms with van der Waals surface area (Å²) >= 11 is 5.86. The third kappa shape index (κ3) is 8.56. The summed E-state index contributed by atoms with van der Waals surface area (Å²) < 4.78 is 5.83. The van der Waals surface area contributed by atoms with Gasteiger partial charge in [0.05, 0.1) is 17.2 Å². The van der Waals surface area contributed by atoms with Gasteiger partial charge < -0.3 is 15.2 Å². The van der Waals surface area contributed by atoms with Crippen LogP contribution < -0.4 is 10.1 Å². The number of aromatic carboxylic acids is 1. The maximum absolute atomic E-state index is 12.2. The average molecular weight is 480 g/mol. The van der Waals surface area contributed by atoms with Crippen LogP contribution in [-0.4, -0.2) is 23.6 Å². The lowest BCUT2D eigenvalue weighted by Crippen LogP contribution is -2.13. The first-order valence-electron chi connectivity index (χ1n) is 11.6. The molecule has 0 fully saturated rings. The van der Waals surface area contributed by atoms with Crippen molar-refractivity contribution in [2.75, 3.05) is 11.9 Å². The van der Waals surface area contributed by atoms with Crippen molar-refractivity contribution in [3.63, 3.8) is 0 Å². The van der Waals surface area contributed by atoms with E-state index >= 15 is 0 Å². The molecule has 3 aromatic rings. The maximum Gasteiger partial charge on any atom is 0.337 e. The van der Waals surface area contributed by atoms with Crippen LogP contribution in [0.4, 0.5) is 5.69 Å². The summed E-state index contributed by atoms with van der Waals surface area (Å²) in [6.07, 6.45) is 6.58. The molecule has 1 amide bonds. The van der Waals surface area contributed by atoms with Crippen LogP contribution in [0.15, 0.2) is 72.8 Å². The highest BCUT2D eigenvalue weighted by Crippen LogP contribution is 2.21. The molecule has 0 aliphatic heterocycles. The lowest BCUT2D eigenvalue weighted by molar-refractivity contribution is -0.116. The fraction of sp³-hybridized carbons (Fsp3) is 0.286. The molecule has 0 unspecified atom stereocenters. The number of carboxylic acid groups (broad SMARTS) is 1. The van der Waals surface area contributed by atoms with E-state index in [1.165, 1.54) is 30.5 Å². The second-order valence-electron chi connectivity index (χ2n) is 8.19. The normalized spacial score (nSPS) is 10.6. The number of benzene rings is 3. The van der Waals surface area contributed by atoms with Crippen molar-refractivity contribution >= 4 is 29.2 Å². The molecule has 6 heteroatoms. The van der Waals surface area contributed by atoms with E-state index in [-0.39, 0.29) is 22.9 Å². The van der Waals surface area contributed by atoms with Crippen LogP contribution in [0.1, 0.15) is 53.6 Å². The Balaban J connectivity index is 1.31. The molecule has 0 saturated carbocycles. The number of rotatable bonds is 13. The first-order chi connectivity index (χ1) is 16.5. The molecule has 0 spiro atoms. The van der Waals surface area contributed by atoms with E-state index in [2.05, 4.69) is 29.6 Å². The number of hydrogen-bond acceptors (Lipinski definition) is 3. The number of carbonyl (C=O) groups is 2. The van der Waals surface area contributed by atoms with Crippen LogP contribution in [0, 0.1) is 0 Å². The Bertz CT molecular complexity index is 1070. The van der Waals surface area contributed by atoms with Gasteiger partial charge in [-0.05, 0) is 67.1 Å². The molecular formula is C28H30ClNO4. The highest BCUT2D eigenvalue weighted by molar-refractivity contribution is 6.33. The highest BCUT2D eigenvalue weighted by atomic mass is 35.5. The van der Waals surface area contributed by atoms with Gasteiger partial charge in [0.25, 0.3) is 0 Å². The Kier molecular flexibility index (Phi) is 9.98. The fourth-order valence-corrected chi connectivity index (χ4v) is 3.82. The quantitative estimate of drug-likeness (QED) is 0.264. The van der Waals surface area contributed by atoms with E-state index in [1.807, 2.05) is 30.3 Å². The van der Waals surface area contributed by atoms with Gasteiger partial charge in [0.15, 0.2) is 0 Å². The summed E-state index contributed by atoms with van der Waals surface area (Å²) in [5, 5.41) is 12.0. The monoisotopic (exact) mass is 479 g/mol. The number of halogens is 1. The van der Waals surface area contributed by atoms with Crippen LogP contribution >= 0.6 is 11.6 Å². The van der Waals surface area contributed by atoms with Gasteiger partial charge in [0, 0.05) is 12.1 Å². The molecule has 34 heavy (non-hydrogen) atoms. The van der Waals surface area contributed by atoms with Gasteiger partial charge >= 0.3 is 5.97 Å². The predicted octanol–water partition coefficient (Wildman–Crippen LogP) is 6.79. The van der Waals surface area contributed by atoms with E-state index in [9.17, 15) is 9.59 Å². The zero-order valence-corrected chi connectivity index (χ0v) is 19.9. The van der Waals surface area contributed by atoms with Crippen LogP contribution in [0.2, 0.25) is 5.02 Å². The minimum Gasteiger partial charge on any atom is -0.494 e. The molecule has 3 aromatic carbocycles. The third-order valence-corrected chi connectivity index (χ3v) is 5.85. The van der Waals surface area contributed by atoms with E-state index in [1.54, 1.807) is 6.07 Å². The fourth-order valence-electron chi connectivity index (χ4n) is 3.62. The van der Waals surface area contributed by atoms with Crippen molar-refractivity contribution in [2.24, 2.45) is 0 Å². The Labute approximate surface area is 205 Å². The van der Waals surface area contributed by atoms with Crippen LogP contribution in [0.3, 0.4) is 0 Å². The topological polar surface area (TPSA) is 75.6 Å². The Morgan fingerprint density at radius 2 is 1.53 bits per heavy atom. The van der Waals surface area contributed by atoms with Crippen molar-refractivity contribution in [1.29, 1.82) is 0 Å². The number of ether oxygens (including phenoxy) is 1. The smallest absolute Gasteiger partial charge is 0.337 e. The van der Waals surface area contributed by atoms with E-state index in [4.69, 9.17) is 21.4 Å². The Morgan fingerprint density at radius 3 is 2.26 bits per heavy atom. The van der Waals surface area contributed by atoms with Crippen molar-refractivity contribution in [3.8, 4) is 5.75 Å². The molecule has 0 aliphatic carbocycles. The number of amides is 1. The number of anilines is 1. The summed E-state index contributed by atoms with van der Waals surface area (Å²) in [6, 6.07) is 22.8. The van der Waals surface area contributed by atoms with Gasteiger partial charge in [0.2, 0.25) is 5.91 Å². The van der Waals surface area contributed by atoms with Crippen LogP contribution in [0.25, 0.3) is 0 Å². The lowest BCUT2D eigenvalue weighted by atomic mass is 10.1. The molecular weight excluding hydrogens is 450 g/mol. The van der Waals surface area contributed by atoms with Gasteiger partial charge in [-0.25, -0.2) is 4.79 Å². The molecule has 178 valence electrons. The molecule has 0 bridgehead atoms. The minimum absolute atomic E-state index is 0.0396. The number of hydrogen-bond donors (Lipinski definition) is 2. The summed E-state index contributed by atoms with van der Waals surface area (Å²) in [5.41, 5.74) is 2.80. The van der Waals surface area contributed by atoms with Crippen molar-refractivity contribution < 1.29 is 19.4 Å². The molecule has 3 rings (SSSR count). The number of aryl methyl sites for hydroxylation is 2. The van der Waals surface area contributed by atoms with Gasteiger partial charge in [-0.3, -0.25) is 4.79 Å². The number of nitrogens with one attached hydrogen (secondary N) is 1. The largest absolute Gasteiger partial charge is 0.494 e. The van der Waals surface area contributed by atoms with Crippen LogP contribution in [-0.2, 0) is 17.6 Å². The van der Waals surface area contributed by atoms with E-state index in [0.29, 0.717) is 18.7 Å². The standard InChI is InChI=1S/C28H30ClNO4/c29-26-17-14-23(20-25(26)28(32)33)30-27(31)18-13-22-11-15-24(16-12-22)34-19-7-2-1-4-8-21-9-5-3-6-10-21/h3,5-6,9-12,14-17,20H,1-2,4,7-8,13,18-19H2,(H,30,31)(H,32,33). The molecule has 0 heterocycles. The first kappa shape index (κ1) is 25.3. The predicted molar refractivity (Wildman–Crippen MR) is 136 cm³/mol. The number of unbranched alkanes of at least 4 members (excludes halogenated alkanes) is 3. The van der Waals surface area contributed by atoms with Gasteiger partial charge in [0.1, 0.15) is 5.75 Å². The number of carbonyl (C=O) groups excluding carboxylic acids is 1. The molecule has 2 N–H and O–H groups in total. The van der Waals surface area contributed by atoms with Gasteiger partial charge in [-0.2, -0.15) is 0 Å². The van der Waals surface area contributed by atoms with Crippen molar-refractivity contribution in [3.05, 3.63) is 94.5 Å². The van der Waals surface area contributed by atoms with Crippen molar-refractivity contribution in [1.82, 2.24) is 0 Å². The summed E-state index contributed by atoms with van der Waals surface area (Å²) in [7, 11) is 0. The summed E-state index contributed by atoms with van der Waals surface area (Å²) in [4.78, 5) is 23.4. The molecule has 0 atom stereocenters. The van der Waals surface area contributed by atoms with E-state index < -0.39 is 5.97 Å². The summed E-state index contributed by atoms with van der Waals surface area (Å²) in [5.74, 6) is -0.488. The first-order valence-corrected chi connectivity index (χ1v) is 12.0. The second kappa shape index (κ2) is 13.4. The van der Waals surface area contributed by atoms with Crippen LogP contribution in [0.5, 0.6) is 5.75 Å². The molecule has 0 saturated heterocycles. The zero-order valence-electron chi connectivity index (χ0n) is 19.1. The second-order valence-corrected chi connectivity index (χ2v) is 8.60. The maximum atomic E-state index is 12.2. The number of carboxylic acids is 1. The zero-order chi connectivity index (χ0) is 24.2. The molecule has 5 nitrogen and oxygen atoms in total. The molecule has 0 aromatic heterocycles. The van der Waals surface area contributed by atoms with Crippen molar-refractivity contribution in [2.45, 2.75) is 44.9 Å². The van der Waals surface area contributed by atoms with E-state index in [0.717, 1.165) is 30.6 Å². The Morgan fingerprint density at radius 1 is 0.824 bits per heavy atom. The summed E-state index contributed by atoms with van der Waals surface area (Å²) in [6.45, 7) is 0.701. The minimum atomic E-state index is -1.13. The Hall–Kier alpha value is -3.31. The molecule has 0 aliphatic rings. The lowest BCUT2D eigenvalue weighted by Gasteiger charge is -2.09. The third-order valence-electron chi connectivity index (χ3n) is 5.52. The molecule has 0 radical (unpaired) electrons. The SMILES string of the molecule is O=C(CCc1ccc(OCCCCCCc2ccccc2)cc1)Nc1ccc(Cl)c(C(=O)O)c1. The highest BCUT2D eigenvalue weighted by Gasteiger charge is 2.11. The van der Waals surface area contributed by atoms with Gasteiger partial charge in [-0.1, -0.05) is 66.9 Å². The van der Waals surface area contributed by atoms with Gasteiger partial charge in [-0.15, -0.1) is 0 Å².